The molecule has 1 atom stereocenters. The maximum atomic E-state index is 13.7. The summed E-state index contributed by atoms with van der Waals surface area (Å²) in [6, 6.07) is 6.22. The van der Waals surface area contributed by atoms with Gasteiger partial charge in [0.2, 0.25) is 5.91 Å². The second kappa shape index (κ2) is 8.27. The molecule has 134 valence electrons. The smallest absolute Gasteiger partial charge is 0.238 e. The van der Waals surface area contributed by atoms with Gasteiger partial charge in [-0.2, -0.15) is 0 Å². The molecular weight excluding hydrogens is 350 g/mol. The number of aryl methyl sites for hydroxylation is 1. The number of carbonyl (C=O) groups is 1. The first kappa shape index (κ1) is 19.1. The van der Waals surface area contributed by atoms with E-state index in [9.17, 15) is 13.6 Å². The highest BCUT2D eigenvalue weighted by molar-refractivity contribution is 6.31. The Kier molecular flexibility index (Phi) is 6.33. The van der Waals surface area contributed by atoms with Gasteiger partial charge in [-0.25, -0.2) is 8.78 Å². The van der Waals surface area contributed by atoms with Crippen molar-refractivity contribution in [2.75, 3.05) is 19.0 Å². The average molecular weight is 369 g/mol. The van der Waals surface area contributed by atoms with E-state index in [0.29, 0.717) is 16.5 Å². The molecule has 0 aliphatic rings. The number of hydrogen-bond acceptors (Lipinski definition) is 3. The van der Waals surface area contributed by atoms with Crippen molar-refractivity contribution in [2.45, 2.75) is 19.9 Å². The van der Waals surface area contributed by atoms with E-state index in [2.05, 4.69) is 10.6 Å². The Balaban J connectivity index is 2.00. The Bertz CT molecular complexity index is 784. The van der Waals surface area contributed by atoms with Gasteiger partial charge in [-0.3, -0.25) is 4.79 Å². The van der Waals surface area contributed by atoms with Crippen LogP contribution in [0.4, 0.5) is 14.5 Å². The second-order valence-electron chi connectivity index (χ2n) is 5.62. The molecule has 0 heterocycles. The number of amides is 1. The quantitative estimate of drug-likeness (QED) is 0.802. The summed E-state index contributed by atoms with van der Waals surface area (Å²) in [5.41, 5.74) is 1.58. The van der Waals surface area contributed by atoms with Crippen LogP contribution in [0.25, 0.3) is 0 Å². The van der Waals surface area contributed by atoms with E-state index in [1.54, 1.807) is 19.1 Å². The largest absolute Gasteiger partial charge is 0.495 e. The Morgan fingerprint density at radius 2 is 2.00 bits per heavy atom. The zero-order valence-corrected chi connectivity index (χ0v) is 14.9. The van der Waals surface area contributed by atoms with Crippen LogP contribution in [-0.2, 0) is 4.79 Å². The Labute approximate surface area is 150 Å². The molecule has 0 radical (unpaired) electrons. The van der Waals surface area contributed by atoms with Crippen molar-refractivity contribution in [1.82, 2.24) is 5.32 Å². The van der Waals surface area contributed by atoms with Gasteiger partial charge < -0.3 is 15.4 Å². The molecule has 0 spiro atoms. The molecule has 0 aromatic heterocycles. The van der Waals surface area contributed by atoms with Gasteiger partial charge in [0.25, 0.3) is 0 Å². The molecule has 2 aromatic rings. The third-order valence-electron chi connectivity index (χ3n) is 3.75. The van der Waals surface area contributed by atoms with Crippen LogP contribution in [0.5, 0.6) is 5.75 Å². The highest BCUT2D eigenvalue weighted by atomic mass is 35.5. The fourth-order valence-corrected chi connectivity index (χ4v) is 2.49. The summed E-state index contributed by atoms with van der Waals surface area (Å²) in [6.45, 7) is 3.45. The van der Waals surface area contributed by atoms with Crippen molar-refractivity contribution in [2.24, 2.45) is 0 Å². The van der Waals surface area contributed by atoms with Crippen LogP contribution < -0.4 is 15.4 Å². The number of ether oxygens (including phenoxy) is 1. The summed E-state index contributed by atoms with van der Waals surface area (Å²) in [5, 5.41) is 6.16. The fourth-order valence-electron chi connectivity index (χ4n) is 2.33. The minimum atomic E-state index is -0.657. The number of carbonyl (C=O) groups excluding carboxylic acids is 1. The number of rotatable bonds is 6. The predicted octanol–water partition coefficient (Wildman–Crippen LogP) is 4.22. The third-order valence-corrected chi connectivity index (χ3v) is 4.16. The molecule has 1 amide bonds. The monoisotopic (exact) mass is 368 g/mol. The molecule has 0 saturated heterocycles. The normalized spacial score (nSPS) is 11.9. The van der Waals surface area contributed by atoms with E-state index in [1.807, 2.05) is 6.92 Å². The number of anilines is 1. The number of nitrogens with one attached hydrogen (secondary N) is 2. The van der Waals surface area contributed by atoms with Crippen LogP contribution in [0.2, 0.25) is 5.02 Å². The van der Waals surface area contributed by atoms with Gasteiger partial charge in [0, 0.05) is 28.8 Å². The van der Waals surface area contributed by atoms with E-state index in [0.717, 1.165) is 11.6 Å². The molecule has 4 nitrogen and oxygen atoms in total. The van der Waals surface area contributed by atoms with Crippen LogP contribution in [-0.4, -0.2) is 19.6 Å². The number of hydrogen-bond donors (Lipinski definition) is 2. The third kappa shape index (κ3) is 4.90. The van der Waals surface area contributed by atoms with Crippen molar-refractivity contribution in [3.05, 3.63) is 58.1 Å². The standard InChI is InChI=1S/C18H19ClF2N2O2/c1-10-6-16(17(25-3)8-14(10)19)23-18(24)9-22-11(2)13-5-4-12(20)7-15(13)21/h4-8,11,22H,9H2,1-3H3,(H,23,24)/t11-/m1/s1. The Morgan fingerprint density at radius 3 is 2.64 bits per heavy atom. The van der Waals surface area contributed by atoms with Crippen molar-refractivity contribution in [3.63, 3.8) is 0 Å². The molecule has 0 aliphatic carbocycles. The van der Waals surface area contributed by atoms with Gasteiger partial charge in [-0.15, -0.1) is 0 Å². The summed E-state index contributed by atoms with van der Waals surface area (Å²) < 4.78 is 31.9. The van der Waals surface area contributed by atoms with Crippen LogP contribution in [0.15, 0.2) is 30.3 Å². The maximum Gasteiger partial charge on any atom is 0.238 e. The van der Waals surface area contributed by atoms with E-state index >= 15 is 0 Å². The van der Waals surface area contributed by atoms with E-state index < -0.39 is 17.7 Å². The second-order valence-corrected chi connectivity index (χ2v) is 6.03. The van der Waals surface area contributed by atoms with Gasteiger partial charge in [0.05, 0.1) is 19.3 Å². The maximum absolute atomic E-state index is 13.7. The van der Waals surface area contributed by atoms with Crippen molar-refractivity contribution in [3.8, 4) is 5.75 Å². The summed E-state index contributed by atoms with van der Waals surface area (Å²) in [7, 11) is 1.48. The zero-order valence-electron chi connectivity index (χ0n) is 14.1. The van der Waals surface area contributed by atoms with E-state index in [1.165, 1.54) is 19.2 Å². The highest BCUT2D eigenvalue weighted by Gasteiger charge is 2.14. The minimum Gasteiger partial charge on any atom is -0.495 e. The first-order valence-electron chi connectivity index (χ1n) is 7.64. The van der Waals surface area contributed by atoms with Gasteiger partial charge in [-0.05, 0) is 31.5 Å². The number of methoxy groups -OCH3 is 1. The van der Waals surface area contributed by atoms with Gasteiger partial charge in [-0.1, -0.05) is 17.7 Å². The molecule has 0 bridgehead atoms. The molecule has 25 heavy (non-hydrogen) atoms. The lowest BCUT2D eigenvalue weighted by Crippen LogP contribution is -2.30. The minimum absolute atomic E-state index is 0.0528. The number of benzene rings is 2. The first-order valence-corrected chi connectivity index (χ1v) is 8.02. The lowest BCUT2D eigenvalue weighted by atomic mass is 10.1. The molecule has 2 aromatic carbocycles. The molecule has 0 saturated carbocycles. The Hall–Kier alpha value is -2.18. The van der Waals surface area contributed by atoms with Crippen LogP contribution in [0, 0.1) is 18.6 Å². The van der Waals surface area contributed by atoms with E-state index in [4.69, 9.17) is 16.3 Å². The van der Waals surface area contributed by atoms with Crippen LogP contribution in [0.3, 0.4) is 0 Å². The Morgan fingerprint density at radius 1 is 1.28 bits per heavy atom. The van der Waals surface area contributed by atoms with Crippen molar-refractivity contribution in [1.29, 1.82) is 0 Å². The highest BCUT2D eigenvalue weighted by Crippen LogP contribution is 2.30. The molecular formula is C18H19ClF2N2O2. The molecule has 2 rings (SSSR count). The lowest BCUT2D eigenvalue weighted by molar-refractivity contribution is -0.115. The van der Waals surface area contributed by atoms with Gasteiger partial charge >= 0.3 is 0 Å². The molecule has 0 aliphatic heterocycles. The summed E-state index contributed by atoms with van der Waals surface area (Å²) in [4.78, 5) is 12.1. The SMILES string of the molecule is COc1cc(Cl)c(C)cc1NC(=O)CN[C@H](C)c1ccc(F)cc1F. The summed E-state index contributed by atoms with van der Waals surface area (Å²) >= 11 is 6.03. The topological polar surface area (TPSA) is 50.4 Å². The van der Waals surface area contributed by atoms with Crippen molar-refractivity contribution < 1.29 is 18.3 Å². The van der Waals surface area contributed by atoms with E-state index in [-0.39, 0.29) is 18.0 Å². The van der Waals surface area contributed by atoms with Crippen molar-refractivity contribution >= 4 is 23.2 Å². The average Bonchev–Trinajstić information content (AvgIpc) is 2.55. The molecule has 2 N–H and O–H groups in total. The van der Waals surface area contributed by atoms with Gasteiger partial charge in [0.15, 0.2) is 0 Å². The van der Waals surface area contributed by atoms with Crippen LogP contribution in [0.1, 0.15) is 24.1 Å². The summed E-state index contributed by atoms with van der Waals surface area (Å²) in [5.74, 6) is -1.18. The lowest BCUT2D eigenvalue weighted by Gasteiger charge is -2.16. The summed E-state index contributed by atoms with van der Waals surface area (Å²) in [6.07, 6.45) is 0. The zero-order chi connectivity index (χ0) is 18.6. The molecule has 0 unspecified atom stereocenters. The predicted molar refractivity (Wildman–Crippen MR) is 94.1 cm³/mol. The number of halogens is 3. The first-order chi connectivity index (χ1) is 11.8. The van der Waals surface area contributed by atoms with Crippen LogP contribution >= 0.6 is 11.6 Å². The molecule has 0 fully saturated rings. The fraction of sp³-hybridized carbons (Fsp3) is 0.278. The van der Waals surface area contributed by atoms with Gasteiger partial charge in [0.1, 0.15) is 17.4 Å². The molecule has 7 heteroatoms.